The van der Waals surface area contributed by atoms with E-state index in [1.807, 2.05) is 11.0 Å². The number of nitrogens with one attached hydrogen (secondary N) is 2. The van der Waals surface area contributed by atoms with E-state index in [2.05, 4.69) is 40.4 Å². The number of halogens is 1. The van der Waals surface area contributed by atoms with Gasteiger partial charge in [0.15, 0.2) is 15.8 Å². The maximum absolute atomic E-state index is 12.2. The molecule has 2 aromatic rings. The van der Waals surface area contributed by atoms with Crippen LogP contribution in [0.4, 0.5) is 0 Å². The van der Waals surface area contributed by atoms with Crippen LogP contribution in [0.3, 0.4) is 0 Å². The molecule has 1 aliphatic rings. The minimum atomic E-state index is -3.05. The van der Waals surface area contributed by atoms with Crippen molar-refractivity contribution in [2.24, 2.45) is 4.99 Å². The van der Waals surface area contributed by atoms with Crippen LogP contribution in [0.5, 0.6) is 0 Å². The fraction of sp³-hybridized carbons (Fsp3) is 0.526. The van der Waals surface area contributed by atoms with Gasteiger partial charge in [-0.3, -0.25) is 4.99 Å². The van der Waals surface area contributed by atoms with Crippen molar-refractivity contribution in [3.05, 3.63) is 35.5 Å². The first-order chi connectivity index (χ1) is 12.2. The second-order valence-corrected chi connectivity index (χ2v) is 10.2. The summed E-state index contributed by atoms with van der Waals surface area (Å²) in [6, 6.07) is 8.32. The molecule has 2 N–H and O–H groups in total. The zero-order valence-electron chi connectivity index (χ0n) is 16.4. The molecule has 0 radical (unpaired) electrons. The highest BCUT2D eigenvalue weighted by Crippen LogP contribution is 2.24. The first kappa shape index (κ1) is 22.0. The van der Waals surface area contributed by atoms with Gasteiger partial charge in [0.1, 0.15) is 0 Å². The van der Waals surface area contributed by atoms with E-state index in [4.69, 9.17) is 0 Å². The first-order valence-corrected chi connectivity index (χ1v) is 10.6. The van der Waals surface area contributed by atoms with Crippen molar-refractivity contribution in [1.82, 2.24) is 15.2 Å². The zero-order chi connectivity index (χ0) is 18.9. The topological polar surface area (TPSA) is 77.6 Å². The van der Waals surface area contributed by atoms with E-state index in [-0.39, 0.29) is 29.7 Å². The van der Waals surface area contributed by atoms with Crippen LogP contribution in [0.25, 0.3) is 10.9 Å². The lowest BCUT2D eigenvalue weighted by Crippen LogP contribution is -2.57. The fourth-order valence-corrected chi connectivity index (χ4v) is 4.98. The molecular weight excluding hydrogens is 475 g/mol. The highest BCUT2D eigenvalue weighted by atomic mass is 127. The van der Waals surface area contributed by atoms with Gasteiger partial charge < -0.3 is 15.2 Å². The Morgan fingerprint density at radius 2 is 2.04 bits per heavy atom. The van der Waals surface area contributed by atoms with Gasteiger partial charge in [-0.2, -0.15) is 0 Å². The average Bonchev–Trinajstić information content (AvgIpc) is 2.90. The van der Waals surface area contributed by atoms with Crippen molar-refractivity contribution < 1.29 is 8.42 Å². The number of hydrogen-bond donors (Lipinski definition) is 2. The number of para-hydroxylation sites is 1. The Balaban J connectivity index is 0.00000261. The van der Waals surface area contributed by atoms with Gasteiger partial charge in [-0.05, 0) is 38.8 Å². The van der Waals surface area contributed by atoms with E-state index in [0.717, 1.165) is 24.4 Å². The number of sulfone groups is 1. The molecule has 1 aliphatic heterocycles. The molecule has 2 heterocycles. The highest BCUT2D eigenvalue weighted by molar-refractivity contribution is 14.0. The van der Waals surface area contributed by atoms with Crippen LogP contribution >= 0.6 is 24.0 Å². The molecule has 0 spiro atoms. The van der Waals surface area contributed by atoms with Crippen molar-refractivity contribution in [3.63, 3.8) is 0 Å². The minimum Gasteiger partial charge on any atom is -0.358 e. The lowest BCUT2D eigenvalue weighted by atomic mass is 10.1. The van der Waals surface area contributed by atoms with E-state index >= 15 is 0 Å². The number of benzene rings is 1. The van der Waals surface area contributed by atoms with Crippen LogP contribution in [-0.4, -0.2) is 61.4 Å². The lowest BCUT2D eigenvalue weighted by Gasteiger charge is -2.39. The van der Waals surface area contributed by atoms with Gasteiger partial charge in [0.05, 0.1) is 10.5 Å². The van der Waals surface area contributed by atoms with Gasteiger partial charge in [0, 0.05) is 43.3 Å². The van der Waals surface area contributed by atoms with Crippen molar-refractivity contribution in [2.45, 2.75) is 31.9 Å². The Labute approximate surface area is 178 Å². The first-order valence-electron chi connectivity index (χ1n) is 8.99. The van der Waals surface area contributed by atoms with E-state index in [1.165, 1.54) is 16.6 Å². The smallest absolute Gasteiger partial charge is 0.193 e. The number of fused-ring (bicyclic) bond motifs is 1. The number of aryl methyl sites for hydroxylation is 1. The molecule has 6 nitrogen and oxygen atoms in total. The van der Waals surface area contributed by atoms with Crippen LogP contribution in [-0.2, 0) is 16.3 Å². The predicted octanol–water partition coefficient (Wildman–Crippen LogP) is 2.72. The molecule has 150 valence electrons. The predicted molar refractivity (Wildman–Crippen MR) is 123 cm³/mol. The third-order valence-corrected chi connectivity index (χ3v) is 7.77. The van der Waals surface area contributed by atoms with Crippen LogP contribution in [0.1, 0.15) is 25.1 Å². The Bertz CT molecular complexity index is 934. The van der Waals surface area contributed by atoms with Gasteiger partial charge in [-0.15, -0.1) is 24.0 Å². The van der Waals surface area contributed by atoms with Crippen LogP contribution < -0.4 is 5.32 Å². The van der Waals surface area contributed by atoms with Gasteiger partial charge in [0.2, 0.25) is 0 Å². The average molecular weight is 504 g/mol. The zero-order valence-corrected chi connectivity index (χ0v) is 19.5. The van der Waals surface area contributed by atoms with E-state index in [1.54, 1.807) is 20.9 Å². The van der Waals surface area contributed by atoms with Crippen molar-refractivity contribution in [3.8, 4) is 0 Å². The summed E-state index contributed by atoms with van der Waals surface area (Å²) >= 11 is 0. The van der Waals surface area contributed by atoms with Gasteiger partial charge in [-0.25, -0.2) is 8.42 Å². The lowest BCUT2D eigenvalue weighted by molar-refractivity contribution is 0.353. The number of rotatable bonds is 3. The third-order valence-electron chi connectivity index (χ3n) is 5.24. The summed E-state index contributed by atoms with van der Waals surface area (Å²) in [6.07, 6.45) is 0.879. The molecule has 3 rings (SSSR count). The molecule has 8 heteroatoms. The van der Waals surface area contributed by atoms with Crippen molar-refractivity contribution in [2.75, 3.05) is 32.4 Å². The molecule has 0 unspecified atom stereocenters. The summed E-state index contributed by atoms with van der Waals surface area (Å²) in [5, 5.41) is 4.66. The molecule has 1 aromatic carbocycles. The van der Waals surface area contributed by atoms with Gasteiger partial charge >= 0.3 is 0 Å². The summed E-state index contributed by atoms with van der Waals surface area (Å²) in [7, 11) is -1.30. The van der Waals surface area contributed by atoms with E-state index in [9.17, 15) is 8.42 Å². The molecular formula is C19H29IN4O2S. The van der Waals surface area contributed by atoms with E-state index in [0.29, 0.717) is 13.1 Å². The van der Waals surface area contributed by atoms with Crippen molar-refractivity contribution >= 4 is 50.7 Å². The Hall–Kier alpha value is -1.29. The molecule has 0 saturated carbocycles. The maximum Gasteiger partial charge on any atom is 0.193 e. The minimum absolute atomic E-state index is 0. The summed E-state index contributed by atoms with van der Waals surface area (Å²) in [5.41, 5.74) is 3.66. The fourth-order valence-electron chi connectivity index (χ4n) is 3.61. The largest absolute Gasteiger partial charge is 0.358 e. The normalized spacial score (nSPS) is 19.0. The SMILES string of the molecule is CN=C(NCCc1c(C)[nH]c2ccccc12)N1CCS(=O)(=O)C(C)(C)C1.I. The second-order valence-electron chi connectivity index (χ2n) is 7.50. The Morgan fingerprint density at radius 3 is 2.70 bits per heavy atom. The van der Waals surface area contributed by atoms with Crippen LogP contribution in [0, 0.1) is 6.92 Å². The number of nitrogens with zero attached hydrogens (tertiary/aromatic N) is 2. The number of aromatic nitrogens is 1. The number of aromatic amines is 1. The molecule has 0 bridgehead atoms. The van der Waals surface area contributed by atoms with E-state index < -0.39 is 14.6 Å². The second kappa shape index (κ2) is 8.38. The summed E-state index contributed by atoms with van der Waals surface area (Å²) < 4.78 is 23.6. The monoisotopic (exact) mass is 504 g/mol. The molecule has 1 fully saturated rings. The van der Waals surface area contributed by atoms with Crippen molar-refractivity contribution in [1.29, 1.82) is 0 Å². The highest BCUT2D eigenvalue weighted by Gasteiger charge is 2.40. The quantitative estimate of drug-likeness (QED) is 0.383. The Morgan fingerprint density at radius 1 is 1.33 bits per heavy atom. The summed E-state index contributed by atoms with van der Waals surface area (Å²) in [4.78, 5) is 9.83. The maximum atomic E-state index is 12.2. The molecule has 1 saturated heterocycles. The van der Waals surface area contributed by atoms with Gasteiger partial charge in [-0.1, -0.05) is 18.2 Å². The number of aliphatic imine (C=N–C) groups is 1. The number of guanidine groups is 1. The molecule has 0 amide bonds. The molecule has 1 aromatic heterocycles. The third kappa shape index (κ3) is 4.42. The summed E-state index contributed by atoms with van der Waals surface area (Å²) in [5.74, 6) is 0.938. The van der Waals surface area contributed by atoms with Crippen LogP contribution in [0.2, 0.25) is 0 Å². The molecule has 0 aliphatic carbocycles. The molecule has 27 heavy (non-hydrogen) atoms. The van der Waals surface area contributed by atoms with Gasteiger partial charge in [0.25, 0.3) is 0 Å². The molecule has 0 atom stereocenters. The number of hydrogen-bond acceptors (Lipinski definition) is 3. The standard InChI is InChI=1S/C19H28N4O2S.HI/c1-14-15(16-7-5-6-8-17(16)22-14)9-10-21-18(20-4)23-11-12-26(24,25)19(2,3)13-23;/h5-8,22H,9-13H2,1-4H3,(H,20,21);1H. The Kier molecular flexibility index (Phi) is 6.83. The summed E-state index contributed by atoms with van der Waals surface area (Å²) in [6.45, 7) is 7.37. The van der Waals surface area contributed by atoms with Crippen LogP contribution in [0.15, 0.2) is 29.3 Å². The number of H-pyrrole nitrogens is 1.